The molecule has 0 fully saturated rings. The van der Waals surface area contributed by atoms with Gasteiger partial charge in [0.05, 0.1) is 5.69 Å². The predicted octanol–water partition coefficient (Wildman–Crippen LogP) is 8.55. The summed E-state index contributed by atoms with van der Waals surface area (Å²) >= 11 is 1.90. The van der Waals surface area contributed by atoms with Gasteiger partial charge < -0.3 is 0 Å². The summed E-state index contributed by atoms with van der Waals surface area (Å²) in [6.45, 7) is 9.18. The minimum absolute atomic E-state index is 0.00631. The highest BCUT2D eigenvalue weighted by atomic mass is 32.1. The number of nitrogens with zero attached hydrogens (tertiary/aromatic N) is 1. The van der Waals surface area contributed by atoms with E-state index in [2.05, 4.69) is 94.4 Å². The second-order valence-electron chi connectivity index (χ2n) is 9.47. The minimum atomic E-state index is -0.00631. The van der Waals surface area contributed by atoms with Gasteiger partial charge in [0, 0.05) is 37.3 Å². The number of thiophene rings is 1. The quantitative estimate of drug-likeness (QED) is 0.279. The molecule has 0 radical (unpaired) electrons. The smallest absolute Gasteiger partial charge is 0.0705 e. The van der Waals surface area contributed by atoms with Gasteiger partial charge in [-0.15, -0.1) is 11.3 Å². The van der Waals surface area contributed by atoms with Gasteiger partial charge in [0.15, 0.2) is 0 Å². The Morgan fingerprint density at radius 2 is 1.65 bits per heavy atom. The number of fused-ring (bicyclic) bond motifs is 7. The van der Waals surface area contributed by atoms with Crippen molar-refractivity contribution < 1.29 is 0 Å². The molecule has 2 heterocycles. The Morgan fingerprint density at radius 1 is 0.839 bits per heavy atom. The first-order chi connectivity index (χ1) is 14.9. The summed E-state index contributed by atoms with van der Waals surface area (Å²) in [5.74, 6) is 0.493. The van der Waals surface area contributed by atoms with E-state index in [1.807, 2.05) is 17.5 Å². The van der Waals surface area contributed by atoms with Crippen molar-refractivity contribution in [1.29, 1.82) is 0 Å². The number of benzene rings is 3. The summed E-state index contributed by atoms with van der Waals surface area (Å²) < 4.78 is 2.73. The van der Waals surface area contributed by atoms with Crippen molar-refractivity contribution in [2.24, 2.45) is 0 Å². The first kappa shape index (κ1) is 18.8. The van der Waals surface area contributed by atoms with Crippen LogP contribution < -0.4 is 0 Å². The zero-order valence-corrected chi connectivity index (χ0v) is 19.2. The van der Waals surface area contributed by atoms with E-state index in [9.17, 15) is 0 Å². The maximum absolute atomic E-state index is 4.71. The highest BCUT2D eigenvalue weighted by Gasteiger charge is 2.37. The lowest BCUT2D eigenvalue weighted by Crippen LogP contribution is -2.14. The molecule has 0 N–H and O–H groups in total. The van der Waals surface area contributed by atoms with Crippen LogP contribution in [0.15, 0.2) is 72.9 Å². The van der Waals surface area contributed by atoms with Crippen molar-refractivity contribution in [1.82, 2.24) is 4.98 Å². The zero-order chi connectivity index (χ0) is 21.3. The van der Waals surface area contributed by atoms with E-state index >= 15 is 0 Å². The molecule has 31 heavy (non-hydrogen) atoms. The van der Waals surface area contributed by atoms with Crippen LogP contribution in [0.3, 0.4) is 0 Å². The molecule has 3 aromatic carbocycles. The first-order valence-corrected chi connectivity index (χ1v) is 11.8. The summed E-state index contributed by atoms with van der Waals surface area (Å²) in [7, 11) is 0. The predicted molar refractivity (Wildman–Crippen MR) is 134 cm³/mol. The molecule has 1 aliphatic rings. The zero-order valence-electron chi connectivity index (χ0n) is 18.4. The molecule has 152 valence electrons. The fourth-order valence-electron chi connectivity index (χ4n) is 5.18. The Balaban J connectivity index is 1.66. The SMILES string of the molecule is CC(C)c1ccnc(-c2ccc3c(c2)-c2c(ccc4sc5ccccc5c24)C3(C)C)c1. The van der Waals surface area contributed by atoms with Gasteiger partial charge in [0.25, 0.3) is 0 Å². The normalized spacial score (nSPS) is 14.4. The fourth-order valence-corrected chi connectivity index (χ4v) is 6.30. The van der Waals surface area contributed by atoms with Crippen molar-refractivity contribution >= 4 is 31.5 Å². The molecule has 0 atom stereocenters. The summed E-state index contributed by atoms with van der Waals surface area (Å²) in [5, 5.41) is 2.78. The van der Waals surface area contributed by atoms with Crippen LogP contribution in [0.1, 0.15) is 50.3 Å². The second kappa shape index (κ2) is 6.51. The van der Waals surface area contributed by atoms with Gasteiger partial charge >= 0.3 is 0 Å². The van der Waals surface area contributed by atoms with Crippen LogP contribution in [-0.2, 0) is 5.41 Å². The molecule has 6 rings (SSSR count). The average Bonchev–Trinajstić information content (AvgIpc) is 3.26. The molecule has 1 nitrogen and oxygen atoms in total. The van der Waals surface area contributed by atoms with Crippen molar-refractivity contribution in [2.45, 2.75) is 39.0 Å². The van der Waals surface area contributed by atoms with E-state index in [1.54, 1.807) is 0 Å². The van der Waals surface area contributed by atoms with Gasteiger partial charge in [-0.1, -0.05) is 64.1 Å². The van der Waals surface area contributed by atoms with Crippen LogP contribution in [-0.4, -0.2) is 4.98 Å². The minimum Gasteiger partial charge on any atom is -0.256 e. The summed E-state index contributed by atoms with van der Waals surface area (Å²) in [6.07, 6.45) is 1.94. The third-order valence-corrected chi connectivity index (χ3v) is 8.06. The Labute approximate surface area is 187 Å². The van der Waals surface area contributed by atoms with Gasteiger partial charge in [-0.2, -0.15) is 0 Å². The van der Waals surface area contributed by atoms with Crippen LogP contribution in [0.2, 0.25) is 0 Å². The monoisotopic (exact) mass is 419 g/mol. The number of rotatable bonds is 2. The lowest BCUT2D eigenvalue weighted by atomic mass is 9.82. The standard InChI is InChI=1S/C29H25NS/c1-17(2)18-13-14-30-24(16-18)19-9-10-22-21(15-19)27-23(29(22,3)4)11-12-26-28(27)20-7-5-6-8-25(20)31-26/h5-17H,1-4H3. The largest absolute Gasteiger partial charge is 0.256 e. The number of pyridine rings is 1. The third-order valence-electron chi connectivity index (χ3n) is 6.93. The molecule has 0 amide bonds. The highest BCUT2D eigenvalue weighted by Crippen LogP contribution is 2.54. The van der Waals surface area contributed by atoms with E-state index in [-0.39, 0.29) is 5.41 Å². The lowest BCUT2D eigenvalue weighted by molar-refractivity contribution is 0.661. The van der Waals surface area contributed by atoms with E-state index < -0.39 is 0 Å². The summed E-state index contributed by atoms with van der Waals surface area (Å²) in [4.78, 5) is 4.71. The lowest BCUT2D eigenvalue weighted by Gasteiger charge is -2.21. The van der Waals surface area contributed by atoms with Crippen LogP contribution in [0, 0.1) is 0 Å². The molecular weight excluding hydrogens is 394 g/mol. The summed E-state index contributed by atoms with van der Waals surface area (Å²) in [5.41, 5.74) is 9.20. The van der Waals surface area contributed by atoms with Gasteiger partial charge in [0.2, 0.25) is 0 Å². The fraction of sp³-hybridized carbons (Fsp3) is 0.207. The maximum Gasteiger partial charge on any atom is 0.0705 e. The van der Waals surface area contributed by atoms with Crippen molar-refractivity contribution in [3.63, 3.8) is 0 Å². The van der Waals surface area contributed by atoms with Gasteiger partial charge in [-0.25, -0.2) is 0 Å². The molecule has 2 aromatic heterocycles. The molecule has 5 aromatic rings. The van der Waals surface area contributed by atoms with E-state index in [0.29, 0.717) is 5.92 Å². The average molecular weight is 420 g/mol. The molecule has 0 bridgehead atoms. The second-order valence-corrected chi connectivity index (χ2v) is 10.6. The van der Waals surface area contributed by atoms with E-state index in [1.165, 1.54) is 53.6 Å². The van der Waals surface area contributed by atoms with Crippen molar-refractivity contribution in [2.75, 3.05) is 0 Å². The third kappa shape index (κ3) is 2.64. The molecule has 0 saturated heterocycles. The van der Waals surface area contributed by atoms with Crippen LogP contribution in [0.5, 0.6) is 0 Å². The Morgan fingerprint density at radius 3 is 2.48 bits per heavy atom. The van der Waals surface area contributed by atoms with E-state index in [4.69, 9.17) is 4.98 Å². The van der Waals surface area contributed by atoms with Crippen LogP contribution >= 0.6 is 11.3 Å². The summed E-state index contributed by atoms with van der Waals surface area (Å²) in [6, 6.07) is 24.8. The maximum atomic E-state index is 4.71. The molecule has 0 spiro atoms. The molecular formula is C29H25NS. The van der Waals surface area contributed by atoms with Gasteiger partial charge in [-0.05, 0) is 64.1 Å². The van der Waals surface area contributed by atoms with Gasteiger partial charge in [-0.3, -0.25) is 4.98 Å². The van der Waals surface area contributed by atoms with Crippen molar-refractivity contribution in [3.05, 3.63) is 89.6 Å². The van der Waals surface area contributed by atoms with Crippen LogP contribution in [0.25, 0.3) is 42.6 Å². The number of hydrogen-bond donors (Lipinski definition) is 0. The number of hydrogen-bond acceptors (Lipinski definition) is 2. The Hall–Kier alpha value is -2.97. The molecule has 1 aliphatic carbocycles. The highest BCUT2D eigenvalue weighted by molar-refractivity contribution is 7.25. The molecule has 2 heteroatoms. The van der Waals surface area contributed by atoms with Crippen LogP contribution in [0.4, 0.5) is 0 Å². The Kier molecular flexibility index (Phi) is 3.94. The first-order valence-electron chi connectivity index (χ1n) is 11.0. The van der Waals surface area contributed by atoms with Crippen molar-refractivity contribution in [3.8, 4) is 22.4 Å². The number of aromatic nitrogens is 1. The molecule has 0 saturated carbocycles. The topological polar surface area (TPSA) is 12.9 Å². The van der Waals surface area contributed by atoms with E-state index in [0.717, 1.165) is 5.69 Å². The van der Waals surface area contributed by atoms with Gasteiger partial charge in [0.1, 0.15) is 0 Å². The Bertz CT molecular complexity index is 1490. The molecule has 0 aliphatic heterocycles. The molecule has 0 unspecified atom stereocenters.